The molecular formula is C23H57GeSi9. The Kier molecular flexibility index (Phi) is 11.5. The van der Waals surface area contributed by atoms with Crippen molar-refractivity contribution in [3.05, 3.63) is 9.23 Å². The fourth-order valence-corrected chi connectivity index (χ4v) is 229. The van der Waals surface area contributed by atoms with E-state index in [1.807, 2.05) is 4.82 Å². The summed E-state index contributed by atoms with van der Waals surface area (Å²) in [6.45, 7) is 51.6. The van der Waals surface area contributed by atoms with Gasteiger partial charge in [0.1, 0.15) is 0 Å². The Morgan fingerprint density at radius 1 is 0.545 bits per heavy atom. The molecule has 0 unspecified atom stereocenters. The van der Waals surface area contributed by atoms with Gasteiger partial charge in [0.15, 0.2) is 0 Å². The van der Waals surface area contributed by atoms with Crippen LogP contribution in [-0.4, -0.2) is 84.8 Å². The molecule has 0 fully saturated rings. The standard InChI is InChI=1S/C23H57GeSi9/c1-27(2,3)21-20-22(24)23(28(4,5)6)25(29(7,8)9)32(16,17)33(18,19)26(30(10,11)12)31(13,14)15/h1-19H3/b23-22+. The average Bonchev–Trinajstić information content (AvgIpc) is 2.42. The van der Waals surface area contributed by atoms with Crippen LogP contribution in [0.1, 0.15) is 0 Å². The minimum atomic E-state index is -1.47. The first-order valence-electron chi connectivity index (χ1n) is 12.8. The van der Waals surface area contributed by atoms with Crippen LogP contribution < -0.4 is 0 Å². The summed E-state index contributed by atoms with van der Waals surface area (Å²) in [7, 11) is -10.1. The van der Waals surface area contributed by atoms with Gasteiger partial charge in [-0.3, -0.25) is 0 Å². The summed E-state index contributed by atoms with van der Waals surface area (Å²) in [4.78, 5) is 2.00. The Morgan fingerprint density at radius 2 is 0.909 bits per heavy atom. The van der Waals surface area contributed by atoms with Crippen LogP contribution in [-0.2, 0) is 0 Å². The number of allylic oxidation sites excluding steroid dienone is 1. The van der Waals surface area contributed by atoms with Gasteiger partial charge in [-0.05, 0) is 0 Å². The van der Waals surface area contributed by atoms with Gasteiger partial charge in [-0.2, -0.15) is 0 Å². The maximum atomic E-state index is 3.83. The molecule has 0 saturated heterocycles. The van der Waals surface area contributed by atoms with E-state index in [1.54, 1.807) is 0 Å². The van der Waals surface area contributed by atoms with E-state index in [9.17, 15) is 0 Å². The summed E-state index contributed by atoms with van der Waals surface area (Å²) >= 11 is 2.44. The van der Waals surface area contributed by atoms with Gasteiger partial charge in [-0.1, -0.05) is 0 Å². The minimum absolute atomic E-state index is 0.262. The van der Waals surface area contributed by atoms with Crippen LogP contribution in [0.5, 0.6) is 0 Å². The van der Waals surface area contributed by atoms with Gasteiger partial charge in [0.25, 0.3) is 0 Å². The van der Waals surface area contributed by atoms with Crippen LogP contribution >= 0.6 is 0 Å². The van der Waals surface area contributed by atoms with Crippen molar-refractivity contribution in [3.8, 4) is 11.5 Å². The predicted octanol–water partition coefficient (Wildman–Crippen LogP) is 7.60. The Balaban J connectivity index is 7.46. The first kappa shape index (κ1) is 34.8. The van der Waals surface area contributed by atoms with Gasteiger partial charge in [-0.25, -0.2) is 0 Å². The van der Waals surface area contributed by atoms with Crippen LogP contribution in [0.3, 0.4) is 0 Å². The zero-order chi connectivity index (χ0) is 27.2. The van der Waals surface area contributed by atoms with Crippen molar-refractivity contribution in [3.63, 3.8) is 0 Å². The molecule has 0 atom stereocenters. The number of hydrogen-bond acceptors (Lipinski definition) is 0. The molecule has 0 amide bonds. The first-order chi connectivity index (χ1) is 14.0. The molecule has 0 aromatic carbocycles. The van der Waals surface area contributed by atoms with Crippen LogP contribution in [0.15, 0.2) is 9.23 Å². The SMILES string of the molecule is C[Si](C)(C)C#C/[C]([Ge])=C(/[Si]([Si](C)(C)C)[Si](C)(C)[Si](C)(C)[Si]([Si](C)(C)C)[Si](C)(C)C)[Si](C)(C)C. The van der Waals surface area contributed by atoms with Gasteiger partial charge in [0, 0.05) is 0 Å². The Hall–Kier alpha value is 1.79. The molecule has 0 aromatic heterocycles. The van der Waals surface area contributed by atoms with Crippen molar-refractivity contribution in [2.75, 3.05) is 0 Å². The molecule has 189 valence electrons. The Morgan fingerprint density at radius 3 is 1.15 bits per heavy atom. The molecule has 10 heteroatoms. The summed E-state index contributed by atoms with van der Waals surface area (Å²) in [5, 5.41) is 0. The van der Waals surface area contributed by atoms with Crippen molar-refractivity contribution < 1.29 is 0 Å². The molecule has 0 aromatic rings. The van der Waals surface area contributed by atoms with Crippen molar-refractivity contribution >= 4 is 84.8 Å². The van der Waals surface area contributed by atoms with E-state index in [0.29, 0.717) is 0 Å². The Labute approximate surface area is 228 Å². The van der Waals surface area contributed by atoms with E-state index in [-0.39, 0.29) is 7.35 Å². The summed E-state index contributed by atoms with van der Waals surface area (Å²) in [5.74, 6) is 3.83. The molecule has 0 heterocycles. The van der Waals surface area contributed by atoms with E-state index in [2.05, 4.69) is 152 Å². The van der Waals surface area contributed by atoms with Gasteiger partial charge in [0.05, 0.1) is 0 Å². The molecule has 0 bridgehead atoms. The normalized spacial score (nSPS) is 16.1. The zero-order valence-corrected chi connectivity index (χ0v) is 37.1. The average molecular weight is 659 g/mol. The molecule has 0 saturated carbocycles. The van der Waals surface area contributed by atoms with E-state index in [0.717, 1.165) is 0 Å². The molecule has 0 rings (SSSR count). The molecular weight excluding hydrogens is 602 g/mol. The molecule has 0 aliphatic carbocycles. The van der Waals surface area contributed by atoms with Crippen molar-refractivity contribution in [2.45, 2.75) is 124 Å². The van der Waals surface area contributed by atoms with Gasteiger partial charge >= 0.3 is 230 Å². The van der Waals surface area contributed by atoms with E-state index in [1.165, 1.54) is 4.41 Å². The second-order valence-electron chi connectivity index (χ2n) is 16.2. The van der Waals surface area contributed by atoms with E-state index >= 15 is 0 Å². The predicted molar refractivity (Wildman–Crippen MR) is 184 cm³/mol. The quantitative estimate of drug-likeness (QED) is 0.186. The summed E-state index contributed by atoms with van der Waals surface area (Å²) in [6, 6.07) is 0. The van der Waals surface area contributed by atoms with Gasteiger partial charge in [-0.15, -0.1) is 0 Å². The third-order valence-corrected chi connectivity index (χ3v) is 134. The molecule has 5 radical (unpaired) electrons. The van der Waals surface area contributed by atoms with Gasteiger partial charge < -0.3 is 0 Å². The fraction of sp³-hybridized carbons (Fsp3) is 0.826. The topological polar surface area (TPSA) is 0 Å². The summed E-state index contributed by atoms with van der Waals surface area (Å²) < 4.78 is 1.54. The second kappa shape index (κ2) is 10.9. The van der Waals surface area contributed by atoms with Crippen LogP contribution in [0, 0.1) is 11.5 Å². The third-order valence-electron chi connectivity index (χ3n) is 6.88. The fourth-order valence-electron chi connectivity index (χ4n) is 6.44. The summed E-state index contributed by atoms with van der Waals surface area (Å²) in [6.07, 6.45) is 0. The molecule has 33 heavy (non-hydrogen) atoms. The van der Waals surface area contributed by atoms with Crippen LogP contribution in [0.2, 0.25) is 124 Å². The first-order valence-corrected chi connectivity index (χ1v) is 46.3. The number of rotatable bonds is 8. The van der Waals surface area contributed by atoms with Crippen LogP contribution in [0.4, 0.5) is 0 Å². The molecule has 0 N–H and O–H groups in total. The van der Waals surface area contributed by atoms with E-state index in [4.69, 9.17) is 0 Å². The number of hydrogen-bond donors (Lipinski definition) is 0. The Bertz CT molecular complexity index is 770. The van der Waals surface area contributed by atoms with Crippen molar-refractivity contribution in [1.29, 1.82) is 0 Å². The molecule has 0 aliphatic rings. The third kappa shape index (κ3) is 9.24. The molecule has 0 spiro atoms. The van der Waals surface area contributed by atoms with E-state index < -0.39 is 61.0 Å². The van der Waals surface area contributed by atoms with Gasteiger partial charge in [0.2, 0.25) is 0 Å². The van der Waals surface area contributed by atoms with Crippen molar-refractivity contribution in [2.24, 2.45) is 0 Å². The monoisotopic (exact) mass is 659 g/mol. The second-order valence-corrected chi connectivity index (χ2v) is 94.5. The molecule has 0 aliphatic heterocycles. The molecule has 0 nitrogen and oxygen atoms in total. The zero-order valence-electron chi connectivity index (χ0n) is 26.0. The van der Waals surface area contributed by atoms with Crippen molar-refractivity contribution in [1.82, 2.24) is 0 Å². The van der Waals surface area contributed by atoms with Crippen LogP contribution in [0.25, 0.3) is 0 Å². The maximum absolute atomic E-state index is 3.83. The summed E-state index contributed by atoms with van der Waals surface area (Å²) in [5.41, 5.74) is 3.77.